The molecule has 1 aromatic rings. The Hall–Kier alpha value is -1.43. The van der Waals surface area contributed by atoms with Crippen LogP contribution in [0.25, 0.3) is 0 Å². The third kappa shape index (κ3) is 2.04. The van der Waals surface area contributed by atoms with Crippen LogP contribution in [0, 0.1) is 5.92 Å². The van der Waals surface area contributed by atoms with Crippen LogP contribution in [0.15, 0.2) is 0 Å². The number of carboxylic acid groups (broad SMARTS) is 1. The minimum absolute atomic E-state index is 0.357. The number of fused-ring (bicyclic) bond motifs is 1. The molecule has 0 spiro atoms. The van der Waals surface area contributed by atoms with E-state index in [0.717, 1.165) is 5.82 Å². The van der Waals surface area contributed by atoms with Gasteiger partial charge in [-0.1, -0.05) is 0 Å². The van der Waals surface area contributed by atoms with Gasteiger partial charge in [0.1, 0.15) is 11.4 Å². The zero-order valence-corrected chi connectivity index (χ0v) is 10.3. The molecular formula is C11H17N3O3. The summed E-state index contributed by atoms with van der Waals surface area (Å²) in [6, 6.07) is 0. The van der Waals surface area contributed by atoms with Crippen molar-refractivity contribution in [3.8, 4) is 0 Å². The van der Waals surface area contributed by atoms with Gasteiger partial charge in [-0.25, -0.2) is 0 Å². The second-order valence-corrected chi connectivity index (χ2v) is 4.84. The average Bonchev–Trinajstić information content (AvgIpc) is 2.72. The predicted molar refractivity (Wildman–Crippen MR) is 59.5 cm³/mol. The normalized spacial score (nSPS) is 20.1. The summed E-state index contributed by atoms with van der Waals surface area (Å²) in [5, 5.41) is 17.3. The van der Waals surface area contributed by atoms with E-state index in [1.807, 2.05) is 18.4 Å². The summed E-state index contributed by atoms with van der Waals surface area (Å²) in [6.45, 7) is 4.23. The molecule has 0 aromatic carbocycles. The highest BCUT2D eigenvalue weighted by Gasteiger charge is 2.33. The van der Waals surface area contributed by atoms with Crippen molar-refractivity contribution >= 4 is 5.97 Å². The molecule has 0 aliphatic carbocycles. The van der Waals surface area contributed by atoms with E-state index in [1.165, 1.54) is 0 Å². The van der Waals surface area contributed by atoms with E-state index in [9.17, 15) is 4.79 Å². The Bertz CT molecular complexity index is 439. The highest BCUT2D eigenvalue weighted by atomic mass is 16.5. The number of methoxy groups -OCH3 is 1. The van der Waals surface area contributed by atoms with Crippen molar-refractivity contribution in [3.05, 3.63) is 11.6 Å². The summed E-state index contributed by atoms with van der Waals surface area (Å²) in [7, 11) is 1.61. The van der Waals surface area contributed by atoms with Gasteiger partial charge in [0.25, 0.3) is 0 Å². The van der Waals surface area contributed by atoms with Crippen LogP contribution in [-0.2, 0) is 28.1 Å². The number of hydrogen-bond donors (Lipinski definition) is 1. The standard InChI is InChI=1S/C11H17N3O3/c1-11(2,17-3)10-13-12-8-5-4-7(9(15)16)6-14(8)10/h7H,4-6H2,1-3H3,(H,15,16). The molecule has 6 heteroatoms. The van der Waals surface area contributed by atoms with Crippen molar-refractivity contribution in [2.75, 3.05) is 7.11 Å². The number of aromatic nitrogens is 3. The number of ether oxygens (including phenoxy) is 1. The van der Waals surface area contributed by atoms with Crippen LogP contribution in [0.2, 0.25) is 0 Å². The summed E-state index contributed by atoms with van der Waals surface area (Å²) < 4.78 is 7.25. The lowest BCUT2D eigenvalue weighted by molar-refractivity contribution is -0.142. The number of aryl methyl sites for hydroxylation is 1. The first-order valence-corrected chi connectivity index (χ1v) is 5.66. The maximum Gasteiger partial charge on any atom is 0.308 e. The molecule has 17 heavy (non-hydrogen) atoms. The molecule has 1 atom stereocenters. The molecule has 0 saturated carbocycles. The monoisotopic (exact) mass is 239 g/mol. The van der Waals surface area contributed by atoms with E-state index >= 15 is 0 Å². The maximum absolute atomic E-state index is 11.0. The molecule has 1 unspecified atom stereocenters. The van der Waals surface area contributed by atoms with Gasteiger partial charge in [-0.05, 0) is 20.3 Å². The predicted octanol–water partition coefficient (Wildman–Crippen LogP) is 0.807. The molecule has 6 nitrogen and oxygen atoms in total. The molecule has 0 amide bonds. The van der Waals surface area contributed by atoms with E-state index in [-0.39, 0.29) is 5.92 Å². The molecule has 0 saturated heterocycles. The molecule has 1 N–H and O–H groups in total. The lowest BCUT2D eigenvalue weighted by Gasteiger charge is -2.27. The van der Waals surface area contributed by atoms with Crippen LogP contribution >= 0.6 is 0 Å². The Balaban J connectivity index is 2.35. The summed E-state index contributed by atoms with van der Waals surface area (Å²) in [5.74, 6) is 0.430. The quantitative estimate of drug-likeness (QED) is 0.844. The Morgan fingerprint density at radius 2 is 2.24 bits per heavy atom. The summed E-state index contributed by atoms with van der Waals surface area (Å²) in [6.07, 6.45) is 1.28. The summed E-state index contributed by atoms with van der Waals surface area (Å²) >= 11 is 0. The molecular weight excluding hydrogens is 222 g/mol. The third-order valence-electron chi connectivity index (χ3n) is 3.34. The van der Waals surface area contributed by atoms with Crippen molar-refractivity contribution in [2.24, 2.45) is 5.92 Å². The van der Waals surface area contributed by atoms with E-state index in [0.29, 0.717) is 25.2 Å². The highest BCUT2D eigenvalue weighted by molar-refractivity contribution is 5.70. The largest absolute Gasteiger partial charge is 0.481 e. The van der Waals surface area contributed by atoms with Gasteiger partial charge in [0, 0.05) is 20.1 Å². The number of nitrogens with zero attached hydrogens (tertiary/aromatic N) is 3. The maximum atomic E-state index is 11.0. The third-order valence-corrected chi connectivity index (χ3v) is 3.34. The topological polar surface area (TPSA) is 77.2 Å². The number of aliphatic carboxylic acids is 1. The summed E-state index contributed by atoms with van der Waals surface area (Å²) in [5.41, 5.74) is -0.550. The molecule has 1 aliphatic heterocycles. The first-order chi connectivity index (χ1) is 7.95. The van der Waals surface area contributed by atoms with Crippen LogP contribution in [0.3, 0.4) is 0 Å². The van der Waals surface area contributed by atoms with Crippen molar-refractivity contribution in [1.82, 2.24) is 14.8 Å². The molecule has 1 aliphatic rings. The molecule has 0 fully saturated rings. The van der Waals surface area contributed by atoms with E-state index in [2.05, 4.69) is 10.2 Å². The molecule has 0 radical (unpaired) electrons. The lowest BCUT2D eigenvalue weighted by atomic mass is 9.98. The molecule has 0 bridgehead atoms. The Labute approximate surface area is 99.6 Å². The molecule has 2 rings (SSSR count). The first-order valence-electron chi connectivity index (χ1n) is 5.66. The summed E-state index contributed by atoms with van der Waals surface area (Å²) in [4.78, 5) is 11.0. The Kier molecular flexibility index (Phi) is 2.91. The van der Waals surface area contributed by atoms with Gasteiger partial charge in [0.15, 0.2) is 5.82 Å². The van der Waals surface area contributed by atoms with Gasteiger partial charge >= 0.3 is 5.97 Å². The van der Waals surface area contributed by atoms with Gasteiger partial charge in [-0.3, -0.25) is 4.79 Å². The van der Waals surface area contributed by atoms with Crippen molar-refractivity contribution in [3.63, 3.8) is 0 Å². The van der Waals surface area contributed by atoms with Gasteiger partial charge in [-0.15, -0.1) is 10.2 Å². The van der Waals surface area contributed by atoms with Crippen LogP contribution in [0.5, 0.6) is 0 Å². The van der Waals surface area contributed by atoms with E-state index in [4.69, 9.17) is 9.84 Å². The van der Waals surface area contributed by atoms with E-state index in [1.54, 1.807) is 7.11 Å². The second-order valence-electron chi connectivity index (χ2n) is 4.84. The number of hydrogen-bond acceptors (Lipinski definition) is 4. The van der Waals surface area contributed by atoms with Crippen molar-refractivity contribution in [1.29, 1.82) is 0 Å². The number of rotatable bonds is 3. The first kappa shape index (κ1) is 12.0. The number of carboxylic acids is 1. The fraction of sp³-hybridized carbons (Fsp3) is 0.727. The van der Waals surface area contributed by atoms with Gasteiger partial charge in [0.05, 0.1) is 5.92 Å². The molecule has 94 valence electrons. The van der Waals surface area contributed by atoms with Crippen LogP contribution in [0.1, 0.15) is 31.9 Å². The van der Waals surface area contributed by atoms with Crippen molar-refractivity contribution in [2.45, 2.75) is 38.8 Å². The number of carbonyl (C=O) groups is 1. The van der Waals surface area contributed by atoms with E-state index < -0.39 is 11.6 Å². The fourth-order valence-corrected chi connectivity index (χ4v) is 2.07. The molecule has 1 aromatic heterocycles. The molecule has 2 heterocycles. The zero-order chi connectivity index (χ0) is 12.6. The van der Waals surface area contributed by atoms with Gasteiger partial charge in [-0.2, -0.15) is 0 Å². The minimum Gasteiger partial charge on any atom is -0.481 e. The van der Waals surface area contributed by atoms with Crippen LogP contribution in [-0.4, -0.2) is 33.0 Å². The Morgan fingerprint density at radius 3 is 2.82 bits per heavy atom. The van der Waals surface area contributed by atoms with Crippen LogP contribution in [0.4, 0.5) is 0 Å². The lowest BCUT2D eigenvalue weighted by Crippen LogP contribution is -2.32. The van der Waals surface area contributed by atoms with Gasteiger partial charge in [0.2, 0.25) is 0 Å². The smallest absolute Gasteiger partial charge is 0.308 e. The Morgan fingerprint density at radius 1 is 1.53 bits per heavy atom. The minimum atomic E-state index is -0.759. The SMILES string of the molecule is COC(C)(C)c1nnc2n1CC(C(=O)O)CC2. The fourth-order valence-electron chi connectivity index (χ4n) is 2.07. The van der Waals surface area contributed by atoms with Crippen molar-refractivity contribution < 1.29 is 14.6 Å². The highest BCUT2D eigenvalue weighted by Crippen LogP contribution is 2.27. The van der Waals surface area contributed by atoms with Crippen LogP contribution < -0.4 is 0 Å². The average molecular weight is 239 g/mol. The second kappa shape index (κ2) is 4.10. The van der Waals surface area contributed by atoms with Gasteiger partial charge < -0.3 is 14.4 Å². The zero-order valence-electron chi connectivity index (χ0n) is 10.3.